The van der Waals surface area contributed by atoms with Crippen LogP contribution in [0.1, 0.15) is 23.0 Å². The van der Waals surface area contributed by atoms with Crippen molar-refractivity contribution in [1.82, 2.24) is 15.1 Å². The molecule has 1 aromatic heterocycles. The summed E-state index contributed by atoms with van der Waals surface area (Å²) in [5, 5.41) is 10.6. The van der Waals surface area contributed by atoms with E-state index >= 15 is 0 Å². The van der Waals surface area contributed by atoms with Gasteiger partial charge in [-0.1, -0.05) is 11.6 Å². The zero-order valence-electron chi connectivity index (χ0n) is 11.5. The van der Waals surface area contributed by atoms with Crippen LogP contribution in [0.3, 0.4) is 0 Å². The fraction of sp³-hybridized carbons (Fsp3) is 0.286. The third-order valence-corrected chi connectivity index (χ3v) is 3.35. The van der Waals surface area contributed by atoms with Gasteiger partial charge in [-0.25, -0.2) is 0 Å². The molecule has 1 amide bonds. The molecule has 1 heterocycles. The van der Waals surface area contributed by atoms with E-state index in [9.17, 15) is 4.79 Å². The summed E-state index contributed by atoms with van der Waals surface area (Å²) in [6, 6.07) is 7.11. The molecule has 0 aliphatic rings. The summed E-state index contributed by atoms with van der Waals surface area (Å²) in [6.07, 6.45) is 1.77. The summed E-state index contributed by atoms with van der Waals surface area (Å²) in [4.78, 5) is 11.6. The summed E-state index contributed by atoms with van der Waals surface area (Å²) in [7, 11) is 1.60. The predicted octanol–water partition coefficient (Wildman–Crippen LogP) is 2.53. The molecule has 1 aromatic carbocycles. The monoisotopic (exact) mass is 292 g/mol. The normalized spacial score (nSPS) is 10.3. The summed E-state index contributed by atoms with van der Waals surface area (Å²) >= 11 is 6.14. The Labute approximate surface area is 122 Å². The molecule has 0 unspecified atom stereocenters. The summed E-state index contributed by atoms with van der Waals surface area (Å²) in [6.45, 7) is 3.45. The zero-order chi connectivity index (χ0) is 14.5. The fourth-order valence-corrected chi connectivity index (χ4v) is 2.11. The highest BCUT2D eigenvalue weighted by molar-refractivity contribution is 6.33. The van der Waals surface area contributed by atoms with Crippen molar-refractivity contribution in [1.29, 1.82) is 0 Å². The molecular weight excluding hydrogens is 276 g/mol. The molecule has 0 bridgehead atoms. The fourth-order valence-electron chi connectivity index (χ4n) is 1.93. The highest BCUT2D eigenvalue weighted by atomic mass is 35.5. The van der Waals surface area contributed by atoms with E-state index in [-0.39, 0.29) is 5.91 Å². The molecule has 2 N–H and O–H groups in total. The van der Waals surface area contributed by atoms with Crippen LogP contribution in [-0.2, 0) is 13.1 Å². The zero-order valence-corrected chi connectivity index (χ0v) is 12.2. The van der Waals surface area contributed by atoms with Crippen molar-refractivity contribution in [3.63, 3.8) is 0 Å². The van der Waals surface area contributed by atoms with E-state index in [0.29, 0.717) is 17.1 Å². The number of carbonyl (C=O) groups excluding carboxylic acids is 1. The number of rotatable bonds is 5. The van der Waals surface area contributed by atoms with Gasteiger partial charge in [-0.15, -0.1) is 0 Å². The maximum atomic E-state index is 11.6. The first-order valence-corrected chi connectivity index (χ1v) is 6.79. The molecule has 0 saturated heterocycles. The molecule has 6 heteroatoms. The Morgan fingerprint density at radius 1 is 1.40 bits per heavy atom. The molecule has 0 atom stereocenters. The van der Waals surface area contributed by atoms with Gasteiger partial charge in [0.15, 0.2) is 0 Å². The molecule has 0 aliphatic heterocycles. The van der Waals surface area contributed by atoms with E-state index in [2.05, 4.69) is 15.7 Å². The van der Waals surface area contributed by atoms with Gasteiger partial charge in [0, 0.05) is 25.4 Å². The minimum absolute atomic E-state index is 0.136. The Hall–Kier alpha value is -2.01. The molecular formula is C14H17ClN4O. The predicted molar refractivity (Wildman–Crippen MR) is 80.1 cm³/mol. The summed E-state index contributed by atoms with van der Waals surface area (Å²) in [5.74, 6) is -0.136. The topological polar surface area (TPSA) is 59.0 Å². The Kier molecular flexibility index (Phi) is 4.63. The van der Waals surface area contributed by atoms with E-state index < -0.39 is 0 Å². The number of hydrogen-bond donors (Lipinski definition) is 2. The second-order valence-corrected chi connectivity index (χ2v) is 4.67. The van der Waals surface area contributed by atoms with Crippen LogP contribution in [0.5, 0.6) is 0 Å². The Balaban J connectivity index is 2.14. The minimum atomic E-state index is -0.136. The van der Waals surface area contributed by atoms with Gasteiger partial charge in [-0.2, -0.15) is 5.10 Å². The molecule has 0 radical (unpaired) electrons. The van der Waals surface area contributed by atoms with Gasteiger partial charge in [0.2, 0.25) is 0 Å². The van der Waals surface area contributed by atoms with Crippen molar-refractivity contribution in [2.45, 2.75) is 20.0 Å². The lowest BCUT2D eigenvalue weighted by Gasteiger charge is -2.11. The van der Waals surface area contributed by atoms with Gasteiger partial charge in [0.25, 0.3) is 5.91 Å². The molecule has 0 aliphatic carbocycles. The van der Waals surface area contributed by atoms with E-state index in [0.717, 1.165) is 17.9 Å². The lowest BCUT2D eigenvalue weighted by molar-refractivity contribution is 0.0963. The van der Waals surface area contributed by atoms with Crippen LogP contribution >= 0.6 is 11.6 Å². The van der Waals surface area contributed by atoms with Crippen LogP contribution < -0.4 is 10.6 Å². The Bertz CT molecular complexity index is 609. The van der Waals surface area contributed by atoms with Crippen LogP contribution in [0.25, 0.3) is 0 Å². The highest BCUT2D eigenvalue weighted by Crippen LogP contribution is 2.23. The van der Waals surface area contributed by atoms with Crippen LogP contribution in [0.15, 0.2) is 30.5 Å². The number of carbonyl (C=O) groups is 1. The van der Waals surface area contributed by atoms with Crippen LogP contribution in [-0.4, -0.2) is 22.7 Å². The van der Waals surface area contributed by atoms with Crippen LogP contribution in [0.2, 0.25) is 5.02 Å². The van der Waals surface area contributed by atoms with Crippen molar-refractivity contribution < 1.29 is 4.79 Å². The minimum Gasteiger partial charge on any atom is -0.378 e. The molecule has 2 rings (SSSR count). The van der Waals surface area contributed by atoms with E-state index in [1.54, 1.807) is 31.4 Å². The second kappa shape index (κ2) is 6.43. The Morgan fingerprint density at radius 2 is 2.20 bits per heavy atom. The number of nitrogens with zero attached hydrogens (tertiary/aromatic N) is 2. The lowest BCUT2D eigenvalue weighted by atomic mass is 10.2. The van der Waals surface area contributed by atoms with Crippen molar-refractivity contribution in [3.05, 3.63) is 46.7 Å². The Morgan fingerprint density at radius 3 is 2.90 bits per heavy atom. The smallest absolute Gasteiger partial charge is 0.251 e. The van der Waals surface area contributed by atoms with Crippen molar-refractivity contribution in [2.24, 2.45) is 0 Å². The molecule has 106 valence electrons. The van der Waals surface area contributed by atoms with Crippen molar-refractivity contribution in [2.75, 3.05) is 12.4 Å². The molecule has 0 spiro atoms. The summed E-state index contributed by atoms with van der Waals surface area (Å²) in [5.41, 5.74) is 2.37. The average Bonchev–Trinajstić information content (AvgIpc) is 2.93. The molecule has 0 saturated carbocycles. The van der Waals surface area contributed by atoms with Gasteiger partial charge in [-0.3, -0.25) is 9.48 Å². The highest BCUT2D eigenvalue weighted by Gasteiger charge is 2.08. The number of benzene rings is 1. The second-order valence-electron chi connectivity index (χ2n) is 4.27. The third kappa shape index (κ3) is 3.11. The number of aryl methyl sites for hydroxylation is 1. The van der Waals surface area contributed by atoms with Gasteiger partial charge in [0.05, 0.1) is 22.9 Å². The molecule has 2 aromatic rings. The van der Waals surface area contributed by atoms with Crippen molar-refractivity contribution in [3.8, 4) is 0 Å². The first-order valence-electron chi connectivity index (χ1n) is 6.42. The molecule has 20 heavy (non-hydrogen) atoms. The van der Waals surface area contributed by atoms with Gasteiger partial charge >= 0.3 is 0 Å². The quantitative estimate of drug-likeness (QED) is 0.890. The first-order chi connectivity index (χ1) is 9.65. The van der Waals surface area contributed by atoms with Crippen LogP contribution in [0.4, 0.5) is 5.69 Å². The largest absolute Gasteiger partial charge is 0.378 e. The van der Waals surface area contributed by atoms with Crippen molar-refractivity contribution >= 4 is 23.2 Å². The first kappa shape index (κ1) is 14.4. The number of amides is 1. The van der Waals surface area contributed by atoms with Gasteiger partial charge < -0.3 is 10.6 Å². The summed E-state index contributed by atoms with van der Waals surface area (Å²) < 4.78 is 1.91. The van der Waals surface area contributed by atoms with Gasteiger partial charge in [0.1, 0.15) is 0 Å². The van der Waals surface area contributed by atoms with E-state index in [4.69, 9.17) is 11.6 Å². The lowest BCUT2D eigenvalue weighted by Crippen LogP contribution is -2.18. The number of nitrogens with one attached hydrogen (secondary N) is 2. The van der Waals surface area contributed by atoms with Crippen LogP contribution in [0, 0.1) is 0 Å². The number of anilines is 1. The maximum Gasteiger partial charge on any atom is 0.251 e. The van der Waals surface area contributed by atoms with Gasteiger partial charge in [-0.05, 0) is 31.2 Å². The van der Waals surface area contributed by atoms with E-state index in [1.807, 2.05) is 17.7 Å². The maximum absolute atomic E-state index is 11.6. The molecule has 5 nitrogen and oxygen atoms in total. The number of halogens is 1. The number of hydrogen-bond acceptors (Lipinski definition) is 3. The third-order valence-electron chi connectivity index (χ3n) is 3.02. The molecule has 0 fully saturated rings. The van der Waals surface area contributed by atoms with E-state index in [1.165, 1.54) is 0 Å². The SMILES string of the molecule is CCn1nccc1CNc1cc(C(=O)NC)ccc1Cl. The number of aromatic nitrogens is 2. The standard InChI is InChI=1S/C14H17ClN4O/c1-3-19-11(6-7-18-19)9-17-13-8-10(14(20)16-2)4-5-12(13)15/h4-8,17H,3,9H2,1-2H3,(H,16,20). The average molecular weight is 293 g/mol.